The zero-order valence-corrected chi connectivity index (χ0v) is 12.4. The minimum absolute atomic E-state index is 0.0542. The average molecular weight is 328 g/mol. The molecule has 1 aromatic carbocycles. The third kappa shape index (κ3) is 2.98. The summed E-state index contributed by atoms with van der Waals surface area (Å²) < 4.78 is 16.0. The molecule has 1 aromatic heterocycles. The van der Waals surface area contributed by atoms with Gasteiger partial charge in [-0.05, 0) is 58.4 Å². The van der Waals surface area contributed by atoms with Crippen molar-refractivity contribution in [1.29, 1.82) is 0 Å². The summed E-state index contributed by atoms with van der Waals surface area (Å²) in [6, 6.07) is 4.72. The van der Waals surface area contributed by atoms with Crippen LogP contribution in [0, 0.1) is 5.82 Å². The van der Waals surface area contributed by atoms with Crippen molar-refractivity contribution in [2.75, 3.05) is 6.54 Å². The van der Waals surface area contributed by atoms with Gasteiger partial charge in [-0.25, -0.2) is 4.39 Å². The topological polar surface area (TPSA) is 55.6 Å². The zero-order valence-electron chi connectivity index (χ0n) is 10.8. The molecule has 0 aliphatic carbocycles. The number of para-hydroxylation sites is 1. The Labute approximate surface area is 119 Å². The Kier molecular flexibility index (Phi) is 4.60. The van der Waals surface area contributed by atoms with Crippen LogP contribution in [-0.4, -0.2) is 26.8 Å². The number of halogens is 2. The van der Waals surface area contributed by atoms with Crippen molar-refractivity contribution in [3.05, 3.63) is 34.3 Å². The molecule has 0 saturated carbocycles. The molecule has 0 amide bonds. The molecule has 5 nitrogen and oxygen atoms in total. The van der Waals surface area contributed by atoms with Crippen LogP contribution in [0.15, 0.2) is 22.7 Å². The second kappa shape index (κ2) is 6.21. The molecular weight excluding hydrogens is 313 g/mol. The smallest absolute Gasteiger partial charge is 0.173 e. The van der Waals surface area contributed by atoms with E-state index in [4.69, 9.17) is 0 Å². The van der Waals surface area contributed by atoms with Crippen LogP contribution in [0.2, 0.25) is 0 Å². The van der Waals surface area contributed by atoms with Crippen molar-refractivity contribution in [2.45, 2.75) is 26.3 Å². The van der Waals surface area contributed by atoms with Crippen LogP contribution in [0.1, 0.15) is 32.1 Å². The first-order valence-corrected chi connectivity index (χ1v) is 6.90. The van der Waals surface area contributed by atoms with Gasteiger partial charge >= 0.3 is 0 Å². The molecule has 1 unspecified atom stereocenters. The Balaban J connectivity index is 2.39. The van der Waals surface area contributed by atoms with Crippen molar-refractivity contribution in [2.24, 2.45) is 0 Å². The fourth-order valence-corrected chi connectivity index (χ4v) is 2.28. The summed E-state index contributed by atoms with van der Waals surface area (Å²) in [7, 11) is 0. The summed E-state index contributed by atoms with van der Waals surface area (Å²) in [5.41, 5.74) is 0.327. The number of nitrogens with one attached hydrogen (secondary N) is 1. The summed E-state index contributed by atoms with van der Waals surface area (Å²) in [6.07, 6.45) is 1.01. The highest BCUT2D eigenvalue weighted by Gasteiger charge is 2.19. The van der Waals surface area contributed by atoms with E-state index in [1.807, 2.05) is 6.92 Å². The second-order valence-electron chi connectivity index (χ2n) is 4.19. The molecule has 7 heteroatoms. The highest BCUT2D eigenvalue weighted by molar-refractivity contribution is 9.10. The molecule has 2 aromatic rings. The summed E-state index contributed by atoms with van der Waals surface area (Å²) >= 11 is 3.33. The van der Waals surface area contributed by atoms with Gasteiger partial charge in [-0.3, -0.25) is 0 Å². The Morgan fingerprint density at radius 1 is 1.47 bits per heavy atom. The van der Waals surface area contributed by atoms with Gasteiger partial charge < -0.3 is 5.32 Å². The van der Waals surface area contributed by atoms with Gasteiger partial charge in [-0.2, -0.15) is 4.68 Å². The molecule has 0 spiro atoms. The molecule has 2 rings (SSSR count). The monoisotopic (exact) mass is 327 g/mol. The predicted molar refractivity (Wildman–Crippen MR) is 73.5 cm³/mol. The fraction of sp³-hybridized carbons (Fsp3) is 0.417. The minimum Gasteiger partial charge on any atom is -0.307 e. The minimum atomic E-state index is -0.370. The number of benzene rings is 1. The molecule has 1 N–H and O–H groups in total. The van der Waals surface area contributed by atoms with Gasteiger partial charge in [-0.15, -0.1) is 5.10 Å². The Hall–Kier alpha value is -1.34. The van der Waals surface area contributed by atoms with Crippen LogP contribution in [0.25, 0.3) is 5.69 Å². The van der Waals surface area contributed by atoms with Gasteiger partial charge in [0.05, 0.1) is 6.04 Å². The van der Waals surface area contributed by atoms with E-state index in [1.165, 1.54) is 10.7 Å². The third-order valence-electron chi connectivity index (χ3n) is 2.73. The maximum Gasteiger partial charge on any atom is 0.173 e. The molecule has 0 bridgehead atoms. The van der Waals surface area contributed by atoms with Crippen LogP contribution in [-0.2, 0) is 0 Å². The van der Waals surface area contributed by atoms with Crippen LogP contribution in [0.5, 0.6) is 0 Å². The largest absolute Gasteiger partial charge is 0.307 e. The molecule has 0 radical (unpaired) electrons. The third-order valence-corrected chi connectivity index (χ3v) is 3.37. The highest BCUT2D eigenvalue weighted by Crippen LogP contribution is 2.25. The number of hydrogen-bond donors (Lipinski definition) is 1. The molecule has 0 fully saturated rings. The van der Waals surface area contributed by atoms with Crippen LogP contribution in [0.4, 0.5) is 4.39 Å². The van der Waals surface area contributed by atoms with E-state index < -0.39 is 0 Å². The van der Waals surface area contributed by atoms with Crippen molar-refractivity contribution >= 4 is 15.9 Å². The number of nitrogens with zero attached hydrogens (tertiary/aromatic N) is 4. The maximum absolute atomic E-state index is 13.9. The van der Waals surface area contributed by atoms with Crippen molar-refractivity contribution in [1.82, 2.24) is 25.5 Å². The SMILES string of the molecule is CCCNC(C)c1nnnn1-c1c(F)cccc1Br. The molecule has 0 aliphatic rings. The van der Waals surface area contributed by atoms with E-state index in [0.717, 1.165) is 13.0 Å². The number of aromatic nitrogens is 4. The molecule has 1 atom stereocenters. The lowest BCUT2D eigenvalue weighted by atomic mass is 10.2. The number of rotatable bonds is 5. The molecule has 102 valence electrons. The van der Waals surface area contributed by atoms with E-state index in [1.54, 1.807) is 12.1 Å². The highest BCUT2D eigenvalue weighted by atomic mass is 79.9. The Morgan fingerprint density at radius 2 is 2.26 bits per heavy atom. The fourth-order valence-electron chi connectivity index (χ4n) is 1.77. The van der Waals surface area contributed by atoms with Gasteiger partial charge in [0.15, 0.2) is 5.82 Å². The van der Waals surface area contributed by atoms with Crippen molar-refractivity contribution in [3.8, 4) is 5.69 Å². The lowest BCUT2D eigenvalue weighted by Crippen LogP contribution is -2.23. The molecular formula is C12H15BrFN5. The van der Waals surface area contributed by atoms with Crippen molar-refractivity contribution < 1.29 is 4.39 Å². The lowest BCUT2D eigenvalue weighted by Gasteiger charge is -2.14. The van der Waals surface area contributed by atoms with Crippen LogP contribution >= 0.6 is 15.9 Å². The molecule has 19 heavy (non-hydrogen) atoms. The standard InChI is InChI=1S/C12H15BrFN5/c1-3-7-15-8(2)12-16-17-18-19(12)11-9(13)5-4-6-10(11)14/h4-6,8,15H,3,7H2,1-2H3. The lowest BCUT2D eigenvalue weighted by molar-refractivity contribution is 0.524. The summed E-state index contributed by atoms with van der Waals surface area (Å²) in [6.45, 7) is 4.88. The van der Waals surface area contributed by atoms with Gasteiger partial charge in [0.2, 0.25) is 0 Å². The van der Waals surface area contributed by atoms with Gasteiger partial charge in [0, 0.05) is 4.47 Å². The summed E-state index contributed by atoms with van der Waals surface area (Å²) in [4.78, 5) is 0. The van der Waals surface area contributed by atoms with Gasteiger partial charge in [-0.1, -0.05) is 13.0 Å². The number of hydrogen-bond acceptors (Lipinski definition) is 4. The van der Waals surface area contributed by atoms with Gasteiger partial charge in [0.25, 0.3) is 0 Å². The quantitative estimate of drug-likeness (QED) is 0.917. The first-order valence-electron chi connectivity index (χ1n) is 6.11. The average Bonchev–Trinajstić information content (AvgIpc) is 2.85. The summed E-state index contributed by atoms with van der Waals surface area (Å²) in [5, 5.41) is 14.8. The Morgan fingerprint density at radius 3 is 2.95 bits per heavy atom. The van der Waals surface area contributed by atoms with E-state index in [0.29, 0.717) is 16.0 Å². The van der Waals surface area contributed by atoms with E-state index >= 15 is 0 Å². The maximum atomic E-state index is 13.9. The van der Waals surface area contributed by atoms with E-state index in [-0.39, 0.29) is 11.9 Å². The van der Waals surface area contributed by atoms with Crippen LogP contribution < -0.4 is 5.32 Å². The first kappa shape index (κ1) is 14.1. The molecule has 0 saturated heterocycles. The van der Waals surface area contributed by atoms with Gasteiger partial charge in [0.1, 0.15) is 11.5 Å². The Bertz CT molecular complexity index is 537. The predicted octanol–water partition coefficient (Wildman–Crippen LogP) is 2.62. The van der Waals surface area contributed by atoms with Crippen LogP contribution in [0.3, 0.4) is 0 Å². The first-order chi connectivity index (χ1) is 9.15. The molecule has 0 aliphatic heterocycles. The molecule has 1 heterocycles. The number of tetrazole rings is 1. The summed E-state index contributed by atoms with van der Waals surface area (Å²) in [5.74, 6) is 0.213. The zero-order chi connectivity index (χ0) is 13.8. The normalized spacial score (nSPS) is 12.6. The van der Waals surface area contributed by atoms with E-state index in [9.17, 15) is 4.39 Å². The van der Waals surface area contributed by atoms with E-state index in [2.05, 4.69) is 43.7 Å². The second-order valence-corrected chi connectivity index (χ2v) is 5.05. The van der Waals surface area contributed by atoms with Crippen molar-refractivity contribution in [3.63, 3.8) is 0 Å².